The Morgan fingerprint density at radius 1 is 1.21 bits per heavy atom. The van der Waals surface area contributed by atoms with Gasteiger partial charge in [0.05, 0.1) is 7.11 Å². The van der Waals surface area contributed by atoms with Crippen LogP contribution >= 0.6 is 0 Å². The largest absolute Gasteiger partial charge is 0.550 e. The highest BCUT2D eigenvalue weighted by molar-refractivity contribution is 5.93. The number of aryl methyl sites for hydroxylation is 1. The minimum Gasteiger partial charge on any atom is -0.550 e. The number of ether oxygens (including phenoxy) is 1. The van der Waals surface area contributed by atoms with Crippen LogP contribution in [-0.4, -0.2) is 19.0 Å². The van der Waals surface area contributed by atoms with Gasteiger partial charge in [0, 0.05) is 18.0 Å². The van der Waals surface area contributed by atoms with Gasteiger partial charge in [-0.05, 0) is 25.3 Å². The van der Waals surface area contributed by atoms with E-state index in [1.54, 1.807) is 6.92 Å². The number of carboxylic acids is 1. The van der Waals surface area contributed by atoms with Crippen LogP contribution in [0.3, 0.4) is 0 Å². The molecule has 0 unspecified atom stereocenters. The molecule has 4 heteroatoms. The van der Waals surface area contributed by atoms with Crippen molar-refractivity contribution in [3.63, 3.8) is 0 Å². The van der Waals surface area contributed by atoms with Crippen molar-refractivity contribution in [1.82, 2.24) is 0 Å². The quantitative estimate of drug-likeness (QED) is 0.571. The molecular formula is C15H17O4-. The fourth-order valence-electron chi connectivity index (χ4n) is 1.79. The van der Waals surface area contributed by atoms with E-state index >= 15 is 0 Å². The summed E-state index contributed by atoms with van der Waals surface area (Å²) < 4.78 is 4.60. The third-order valence-electron chi connectivity index (χ3n) is 2.90. The van der Waals surface area contributed by atoms with Gasteiger partial charge in [0.25, 0.3) is 0 Å². The van der Waals surface area contributed by atoms with Crippen molar-refractivity contribution < 1.29 is 19.4 Å². The second-order valence-electron chi connectivity index (χ2n) is 4.28. The van der Waals surface area contributed by atoms with Gasteiger partial charge < -0.3 is 14.6 Å². The van der Waals surface area contributed by atoms with E-state index in [0.29, 0.717) is 6.42 Å². The number of carboxylic acid groups (broad SMARTS) is 1. The maximum atomic E-state index is 11.5. The van der Waals surface area contributed by atoms with E-state index in [1.807, 2.05) is 30.3 Å². The van der Waals surface area contributed by atoms with Gasteiger partial charge in [-0.15, -0.1) is 0 Å². The van der Waals surface area contributed by atoms with E-state index in [0.717, 1.165) is 17.6 Å². The summed E-state index contributed by atoms with van der Waals surface area (Å²) in [6.45, 7) is 1.75. The highest BCUT2D eigenvalue weighted by atomic mass is 16.5. The first-order valence-corrected chi connectivity index (χ1v) is 6.05. The van der Waals surface area contributed by atoms with Crippen LogP contribution in [0, 0.1) is 0 Å². The van der Waals surface area contributed by atoms with Crippen molar-refractivity contribution in [2.24, 2.45) is 0 Å². The number of esters is 1. The van der Waals surface area contributed by atoms with Crippen molar-refractivity contribution >= 4 is 11.9 Å². The first-order valence-electron chi connectivity index (χ1n) is 6.05. The molecule has 0 aliphatic heterocycles. The first-order chi connectivity index (χ1) is 9.04. The Kier molecular flexibility index (Phi) is 5.79. The molecule has 1 aromatic carbocycles. The smallest absolute Gasteiger partial charge is 0.334 e. The average Bonchev–Trinajstić information content (AvgIpc) is 2.42. The third kappa shape index (κ3) is 4.95. The van der Waals surface area contributed by atoms with E-state index in [2.05, 4.69) is 4.74 Å². The molecule has 0 fully saturated rings. The lowest BCUT2D eigenvalue weighted by Gasteiger charge is -2.11. The summed E-state index contributed by atoms with van der Waals surface area (Å²) in [6.07, 6.45) is 0.954. The Morgan fingerprint density at radius 2 is 1.84 bits per heavy atom. The number of methoxy groups -OCH3 is 1. The molecule has 0 heterocycles. The molecule has 4 nitrogen and oxygen atoms in total. The zero-order valence-electron chi connectivity index (χ0n) is 11.1. The topological polar surface area (TPSA) is 66.4 Å². The lowest BCUT2D eigenvalue weighted by atomic mass is 9.99. The molecule has 0 N–H and O–H groups in total. The van der Waals surface area contributed by atoms with E-state index in [4.69, 9.17) is 0 Å². The zero-order chi connectivity index (χ0) is 14.3. The molecule has 19 heavy (non-hydrogen) atoms. The fourth-order valence-corrected chi connectivity index (χ4v) is 1.79. The monoisotopic (exact) mass is 261 g/mol. The molecule has 102 valence electrons. The molecule has 0 radical (unpaired) electrons. The van der Waals surface area contributed by atoms with E-state index < -0.39 is 18.4 Å². The van der Waals surface area contributed by atoms with Gasteiger partial charge in [-0.3, -0.25) is 0 Å². The predicted octanol–water partition coefficient (Wildman–Crippen LogP) is 1.25. The highest BCUT2D eigenvalue weighted by Gasteiger charge is 2.13. The van der Waals surface area contributed by atoms with Gasteiger partial charge in [-0.1, -0.05) is 35.9 Å². The van der Waals surface area contributed by atoms with Gasteiger partial charge in [0.2, 0.25) is 0 Å². The van der Waals surface area contributed by atoms with Crippen molar-refractivity contribution in [3.05, 3.63) is 47.0 Å². The van der Waals surface area contributed by atoms with Gasteiger partial charge in [0.1, 0.15) is 0 Å². The van der Waals surface area contributed by atoms with Crippen LogP contribution in [0.1, 0.15) is 25.3 Å². The normalized spacial score (nSPS) is 11.7. The molecule has 1 rings (SSSR count). The van der Waals surface area contributed by atoms with Crippen molar-refractivity contribution in [2.45, 2.75) is 26.2 Å². The first kappa shape index (κ1) is 15.0. The second kappa shape index (κ2) is 7.36. The number of benzene rings is 1. The fraction of sp³-hybridized carbons (Fsp3) is 0.333. The number of hydrogen-bond acceptors (Lipinski definition) is 4. The van der Waals surface area contributed by atoms with Crippen LogP contribution in [0.2, 0.25) is 0 Å². The Labute approximate surface area is 112 Å². The van der Waals surface area contributed by atoms with Crippen LogP contribution in [-0.2, 0) is 20.7 Å². The summed E-state index contributed by atoms with van der Waals surface area (Å²) in [4.78, 5) is 22.2. The highest BCUT2D eigenvalue weighted by Crippen LogP contribution is 2.16. The van der Waals surface area contributed by atoms with Gasteiger partial charge in [0.15, 0.2) is 0 Å². The number of aliphatic carboxylic acids is 1. The molecule has 0 bridgehead atoms. The van der Waals surface area contributed by atoms with E-state index in [1.165, 1.54) is 7.11 Å². The molecule has 0 aromatic heterocycles. The van der Waals surface area contributed by atoms with Crippen LogP contribution in [0.25, 0.3) is 0 Å². The van der Waals surface area contributed by atoms with Crippen molar-refractivity contribution in [2.75, 3.05) is 7.11 Å². The minimum atomic E-state index is -1.28. The number of allylic oxidation sites excluding steroid dienone is 1. The molecule has 0 aliphatic rings. The number of carbonyl (C=O) groups excluding carboxylic acids is 2. The maximum absolute atomic E-state index is 11.5. The van der Waals surface area contributed by atoms with Crippen LogP contribution in [0.4, 0.5) is 0 Å². The molecule has 0 aliphatic carbocycles. The molecule has 0 saturated heterocycles. The minimum absolute atomic E-state index is 0.179. The summed E-state index contributed by atoms with van der Waals surface area (Å²) in [5.74, 6) is -1.88. The summed E-state index contributed by atoms with van der Waals surface area (Å²) in [6, 6.07) is 9.80. The summed E-state index contributed by atoms with van der Waals surface area (Å²) in [5.41, 5.74) is 2.04. The lowest BCUT2D eigenvalue weighted by molar-refractivity contribution is -0.304. The van der Waals surface area contributed by atoms with Crippen LogP contribution in [0.15, 0.2) is 41.5 Å². The zero-order valence-corrected chi connectivity index (χ0v) is 11.1. The standard InChI is InChI=1S/C15H18O4/c1-11(8-9-12-6-4-3-5-7-12)13(10-14(16)17)15(18)19-2/h3-7H,8-10H2,1-2H3,(H,16,17)/p-1. The maximum Gasteiger partial charge on any atom is 0.334 e. The van der Waals surface area contributed by atoms with Crippen LogP contribution in [0.5, 0.6) is 0 Å². The summed E-state index contributed by atoms with van der Waals surface area (Å²) >= 11 is 0. The Hall–Kier alpha value is -2.10. The molecule has 0 amide bonds. The molecule has 0 spiro atoms. The third-order valence-corrected chi connectivity index (χ3v) is 2.90. The van der Waals surface area contributed by atoms with Gasteiger partial charge in [-0.2, -0.15) is 0 Å². The van der Waals surface area contributed by atoms with Crippen molar-refractivity contribution in [3.8, 4) is 0 Å². The Bertz CT molecular complexity index is 474. The van der Waals surface area contributed by atoms with Crippen molar-refractivity contribution in [1.29, 1.82) is 0 Å². The average molecular weight is 261 g/mol. The number of rotatable bonds is 6. The second-order valence-corrected chi connectivity index (χ2v) is 4.28. The summed E-state index contributed by atoms with van der Waals surface area (Å²) in [5, 5.41) is 10.7. The molecule has 0 saturated carbocycles. The van der Waals surface area contributed by atoms with Gasteiger partial charge in [-0.25, -0.2) is 4.79 Å². The number of hydrogen-bond donors (Lipinski definition) is 0. The SMILES string of the molecule is COC(=O)C(CC(=O)[O-])=C(C)CCc1ccccc1. The van der Waals surface area contributed by atoms with E-state index in [-0.39, 0.29) is 5.57 Å². The Balaban J connectivity index is 2.78. The Morgan fingerprint density at radius 3 is 2.37 bits per heavy atom. The summed E-state index contributed by atoms with van der Waals surface area (Å²) in [7, 11) is 1.24. The number of carbonyl (C=O) groups is 2. The lowest BCUT2D eigenvalue weighted by Crippen LogP contribution is -2.25. The van der Waals surface area contributed by atoms with Gasteiger partial charge >= 0.3 is 5.97 Å². The van der Waals surface area contributed by atoms with E-state index in [9.17, 15) is 14.7 Å². The molecular weight excluding hydrogens is 244 g/mol. The van der Waals surface area contributed by atoms with Crippen LogP contribution < -0.4 is 5.11 Å². The molecule has 1 aromatic rings. The predicted molar refractivity (Wildman–Crippen MR) is 69.1 cm³/mol. The molecule has 0 atom stereocenters.